The van der Waals surface area contributed by atoms with Gasteiger partial charge in [0.1, 0.15) is 4.88 Å². The Morgan fingerprint density at radius 1 is 1.16 bits per heavy atom. The van der Waals surface area contributed by atoms with Crippen molar-refractivity contribution in [3.8, 4) is 0 Å². The molecule has 1 aromatic heterocycles. The van der Waals surface area contributed by atoms with Gasteiger partial charge in [-0.05, 0) is 50.7 Å². The molecule has 1 saturated carbocycles. The fraction of sp³-hybridized carbons (Fsp3) is 0.611. The minimum Gasteiger partial charge on any atom is -0.448 e. The molecular formula is C18H24N2O4S. The molecule has 0 radical (unpaired) electrons. The maximum Gasteiger partial charge on any atom is 0.349 e. The Balaban J connectivity index is 1.46. The van der Waals surface area contributed by atoms with Crippen molar-refractivity contribution in [1.29, 1.82) is 0 Å². The van der Waals surface area contributed by atoms with Crippen LogP contribution in [0.2, 0.25) is 0 Å². The number of rotatable bonds is 4. The van der Waals surface area contributed by atoms with Gasteiger partial charge in [0.15, 0.2) is 6.10 Å². The monoisotopic (exact) mass is 364 g/mol. The van der Waals surface area contributed by atoms with Gasteiger partial charge in [-0.15, -0.1) is 11.3 Å². The van der Waals surface area contributed by atoms with Crippen molar-refractivity contribution in [2.45, 2.75) is 70.4 Å². The highest BCUT2D eigenvalue weighted by Crippen LogP contribution is 2.31. The molecule has 3 rings (SSSR count). The van der Waals surface area contributed by atoms with Gasteiger partial charge in [-0.1, -0.05) is 19.3 Å². The molecule has 25 heavy (non-hydrogen) atoms. The van der Waals surface area contributed by atoms with Crippen molar-refractivity contribution in [2.24, 2.45) is 0 Å². The number of carbonyl (C=O) groups is 3. The summed E-state index contributed by atoms with van der Waals surface area (Å²) in [4.78, 5) is 37.9. The first kappa shape index (κ1) is 17.9. The summed E-state index contributed by atoms with van der Waals surface area (Å²) in [6.07, 6.45) is 7.38. The molecule has 0 unspecified atom stereocenters. The Morgan fingerprint density at radius 3 is 2.64 bits per heavy atom. The summed E-state index contributed by atoms with van der Waals surface area (Å²) in [6.45, 7) is 1.47. The molecule has 0 saturated heterocycles. The first-order valence-corrected chi connectivity index (χ1v) is 9.78. The molecule has 0 spiro atoms. The number of thiophene rings is 1. The van der Waals surface area contributed by atoms with E-state index in [9.17, 15) is 14.4 Å². The van der Waals surface area contributed by atoms with Crippen LogP contribution >= 0.6 is 11.3 Å². The van der Waals surface area contributed by atoms with Gasteiger partial charge in [0.25, 0.3) is 5.91 Å². The van der Waals surface area contributed by atoms with E-state index < -0.39 is 24.0 Å². The number of carbonyl (C=O) groups excluding carboxylic acids is 3. The molecule has 1 aromatic rings. The number of fused-ring (bicyclic) bond motifs is 1. The van der Waals surface area contributed by atoms with Crippen LogP contribution in [-0.2, 0) is 22.4 Å². The SMILES string of the molecule is C[C@H](OC(=O)c1cc2c(s1)CCC2)C(=O)NC(=O)NC1CCCCC1. The molecule has 3 amide bonds. The number of amides is 3. The zero-order valence-corrected chi connectivity index (χ0v) is 15.2. The van der Waals surface area contributed by atoms with Gasteiger partial charge in [0.2, 0.25) is 0 Å². The smallest absolute Gasteiger partial charge is 0.349 e. The van der Waals surface area contributed by atoms with Crippen molar-refractivity contribution in [3.63, 3.8) is 0 Å². The van der Waals surface area contributed by atoms with Crippen molar-refractivity contribution in [2.75, 3.05) is 0 Å². The molecule has 0 aliphatic heterocycles. The van der Waals surface area contributed by atoms with Crippen molar-refractivity contribution in [1.82, 2.24) is 10.6 Å². The van der Waals surface area contributed by atoms with Crippen LogP contribution in [-0.4, -0.2) is 30.1 Å². The molecule has 7 heteroatoms. The van der Waals surface area contributed by atoms with Crippen LogP contribution in [0, 0.1) is 0 Å². The van der Waals surface area contributed by atoms with E-state index in [1.807, 2.05) is 6.07 Å². The van der Waals surface area contributed by atoms with Gasteiger partial charge >= 0.3 is 12.0 Å². The number of imide groups is 1. The molecule has 2 aliphatic carbocycles. The summed E-state index contributed by atoms with van der Waals surface area (Å²) >= 11 is 1.44. The van der Waals surface area contributed by atoms with Crippen LogP contribution in [0.5, 0.6) is 0 Å². The number of ether oxygens (including phenoxy) is 1. The Bertz CT molecular complexity index is 643. The summed E-state index contributed by atoms with van der Waals surface area (Å²) in [5.74, 6) is -1.11. The Kier molecular flexibility index (Phi) is 5.73. The lowest BCUT2D eigenvalue weighted by atomic mass is 9.96. The van der Waals surface area contributed by atoms with E-state index in [2.05, 4.69) is 10.6 Å². The van der Waals surface area contributed by atoms with E-state index in [0.29, 0.717) is 4.88 Å². The lowest BCUT2D eigenvalue weighted by Crippen LogP contribution is -2.48. The topological polar surface area (TPSA) is 84.5 Å². The van der Waals surface area contributed by atoms with Crippen LogP contribution in [0.3, 0.4) is 0 Å². The number of urea groups is 1. The van der Waals surface area contributed by atoms with Gasteiger partial charge in [-0.3, -0.25) is 10.1 Å². The first-order chi connectivity index (χ1) is 12.0. The molecule has 2 aliphatic rings. The van der Waals surface area contributed by atoms with E-state index >= 15 is 0 Å². The molecule has 1 heterocycles. The van der Waals surface area contributed by atoms with Crippen LogP contribution in [0.25, 0.3) is 0 Å². The molecule has 2 N–H and O–H groups in total. The Hall–Kier alpha value is -1.89. The van der Waals surface area contributed by atoms with E-state index in [0.717, 1.165) is 44.9 Å². The number of esters is 1. The summed E-state index contributed by atoms with van der Waals surface area (Å²) in [5.41, 5.74) is 1.21. The van der Waals surface area contributed by atoms with Crippen LogP contribution in [0.4, 0.5) is 4.79 Å². The molecule has 6 nitrogen and oxygen atoms in total. The first-order valence-electron chi connectivity index (χ1n) is 8.97. The zero-order valence-electron chi connectivity index (χ0n) is 14.4. The second kappa shape index (κ2) is 7.99. The minimum absolute atomic E-state index is 0.118. The normalized spacial score (nSPS) is 18.3. The fourth-order valence-corrected chi connectivity index (χ4v) is 4.52. The number of hydrogen-bond acceptors (Lipinski definition) is 5. The van der Waals surface area contributed by atoms with Crippen LogP contribution in [0.15, 0.2) is 6.07 Å². The quantitative estimate of drug-likeness (QED) is 0.805. The third-order valence-electron chi connectivity index (χ3n) is 4.78. The maximum absolute atomic E-state index is 12.2. The van der Waals surface area contributed by atoms with Crippen molar-refractivity contribution < 1.29 is 19.1 Å². The van der Waals surface area contributed by atoms with Gasteiger partial charge in [-0.2, -0.15) is 0 Å². The average Bonchev–Trinajstić information content (AvgIpc) is 3.17. The largest absolute Gasteiger partial charge is 0.448 e. The van der Waals surface area contributed by atoms with Crippen molar-refractivity contribution in [3.05, 3.63) is 21.4 Å². The summed E-state index contributed by atoms with van der Waals surface area (Å²) in [5, 5.41) is 5.07. The maximum atomic E-state index is 12.2. The molecule has 0 aromatic carbocycles. The molecule has 0 bridgehead atoms. The second-order valence-corrected chi connectivity index (χ2v) is 7.89. The highest BCUT2D eigenvalue weighted by atomic mass is 32.1. The van der Waals surface area contributed by atoms with Crippen LogP contribution < -0.4 is 10.6 Å². The zero-order chi connectivity index (χ0) is 17.8. The van der Waals surface area contributed by atoms with Gasteiger partial charge < -0.3 is 10.1 Å². The van der Waals surface area contributed by atoms with Crippen molar-refractivity contribution >= 4 is 29.2 Å². The second-order valence-electron chi connectivity index (χ2n) is 6.76. The lowest BCUT2D eigenvalue weighted by Gasteiger charge is -2.23. The highest BCUT2D eigenvalue weighted by molar-refractivity contribution is 7.14. The standard InChI is InChI=1S/C18H24N2O4S/c1-11(16(21)20-18(23)19-13-7-3-2-4-8-13)24-17(22)15-10-12-6-5-9-14(12)25-15/h10-11,13H,2-9H2,1H3,(H2,19,20,21,23)/t11-/m0/s1. The van der Waals surface area contributed by atoms with E-state index in [-0.39, 0.29) is 6.04 Å². The predicted octanol–water partition coefficient (Wildman–Crippen LogP) is 2.94. The molecule has 136 valence electrons. The average molecular weight is 364 g/mol. The minimum atomic E-state index is -1.01. The highest BCUT2D eigenvalue weighted by Gasteiger charge is 2.25. The van der Waals surface area contributed by atoms with Gasteiger partial charge in [0, 0.05) is 10.9 Å². The summed E-state index contributed by atoms with van der Waals surface area (Å²) < 4.78 is 5.21. The Labute approximate surface area is 151 Å². The third-order valence-corrected chi connectivity index (χ3v) is 6.00. The lowest BCUT2D eigenvalue weighted by molar-refractivity contribution is -0.127. The summed E-state index contributed by atoms with van der Waals surface area (Å²) in [6, 6.07) is 1.46. The van der Waals surface area contributed by atoms with E-state index in [1.54, 1.807) is 0 Å². The van der Waals surface area contributed by atoms with Crippen LogP contribution in [0.1, 0.15) is 65.6 Å². The van der Waals surface area contributed by atoms with E-state index in [4.69, 9.17) is 4.74 Å². The number of hydrogen-bond donors (Lipinski definition) is 2. The van der Waals surface area contributed by atoms with E-state index in [1.165, 1.54) is 35.1 Å². The molecule has 1 fully saturated rings. The van der Waals surface area contributed by atoms with Gasteiger partial charge in [0.05, 0.1) is 0 Å². The fourth-order valence-electron chi connectivity index (χ4n) is 3.38. The Morgan fingerprint density at radius 2 is 1.92 bits per heavy atom. The molecular weight excluding hydrogens is 340 g/mol. The third kappa shape index (κ3) is 4.60. The van der Waals surface area contributed by atoms with Gasteiger partial charge in [-0.25, -0.2) is 9.59 Å². The number of aryl methyl sites for hydroxylation is 2. The molecule has 1 atom stereocenters. The summed E-state index contributed by atoms with van der Waals surface area (Å²) in [7, 11) is 0. The predicted molar refractivity (Wildman–Crippen MR) is 94.8 cm³/mol. The number of nitrogens with one attached hydrogen (secondary N) is 2.